The zero-order chi connectivity index (χ0) is 18.9. The van der Waals surface area contributed by atoms with Gasteiger partial charge < -0.3 is 19.7 Å². The number of hydrogen-bond donors (Lipinski definition) is 1. The van der Waals surface area contributed by atoms with E-state index in [2.05, 4.69) is 19.9 Å². The minimum absolute atomic E-state index is 0. The van der Waals surface area contributed by atoms with Gasteiger partial charge in [0.1, 0.15) is 5.75 Å². The number of carbonyl (C=O) groups excluding carboxylic acids is 1. The van der Waals surface area contributed by atoms with E-state index in [-0.39, 0.29) is 41.6 Å². The lowest BCUT2D eigenvalue weighted by molar-refractivity contribution is -0.146. The van der Waals surface area contributed by atoms with Crippen LogP contribution in [0.3, 0.4) is 0 Å². The van der Waals surface area contributed by atoms with Crippen LogP contribution in [0.1, 0.15) is 25.3 Å². The Morgan fingerprint density at radius 2 is 2.07 bits per heavy atom. The van der Waals surface area contributed by atoms with Gasteiger partial charge in [-0.15, -0.1) is 24.0 Å². The predicted octanol–water partition coefficient (Wildman–Crippen LogP) is 3.26. The van der Waals surface area contributed by atoms with E-state index < -0.39 is 6.61 Å². The summed E-state index contributed by atoms with van der Waals surface area (Å²) < 4.78 is 33.9. The molecule has 0 unspecified atom stereocenters. The molecule has 0 spiro atoms. The minimum atomic E-state index is -2.85. The van der Waals surface area contributed by atoms with Crippen molar-refractivity contribution in [1.82, 2.24) is 10.2 Å². The van der Waals surface area contributed by atoms with Crippen LogP contribution in [-0.2, 0) is 16.1 Å². The molecular formula is C18H26F2IN3O3. The first-order valence-corrected chi connectivity index (χ1v) is 8.68. The van der Waals surface area contributed by atoms with Crippen molar-refractivity contribution < 1.29 is 23.0 Å². The van der Waals surface area contributed by atoms with Crippen LogP contribution in [0, 0.1) is 5.92 Å². The molecule has 1 aromatic carbocycles. The van der Waals surface area contributed by atoms with E-state index in [1.807, 2.05) is 13.0 Å². The Morgan fingerprint density at radius 1 is 1.37 bits per heavy atom. The number of carbonyl (C=O) groups is 1. The number of nitrogens with zero attached hydrogens (tertiary/aromatic N) is 2. The average Bonchev–Trinajstić information content (AvgIpc) is 2.64. The number of ether oxygens (including phenoxy) is 2. The number of benzene rings is 1. The summed E-state index contributed by atoms with van der Waals surface area (Å²) in [4.78, 5) is 18.3. The summed E-state index contributed by atoms with van der Waals surface area (Å²) >= 11 is 0. The highest BCUT2D eigenvalue weighted by Crippen LogP contribution is 2.19. The third kappa shape index (κ3) is 7.47. The fourth-order valence-corrected chi connectivity index (χ4v) is 2.91. The minimum Gasteiger partial charge on any atom is -0.469 e. The van der Waals surface area contributed by atoms with Crippen LogP contribution in [-0.4, -0.2) is 50.2 Å². The summed E-state index contributed by atoms with van der Waals surface area (Å²) in [6.07, 6.45) is 1.43. The van der Waals surface area contributed by atoms with Gasteiger partial charge in [0.05, 0.1) is 19.6 Å². The van der Waals surface area contributed by atoms with Gasteiger partial charge in [0, 0.05) is 19.6 Å². The molecule has 2 rings (SSSR count). The third-order valence-electron chi connectivity index (χ3n) is 4.20. The van der Waals surface area contributed by atoms with Gasteiger partial charge in [-0.2, -0.15) is 8.78 Å². The number of rotatable bonds is 6. The number of piperidine rings is 1. The van der Waals surface area contributed by atoms with Gasteiger partial charge in [-0.25, -0.2) is 4.99 Å². The van der Waals surface area contributed by atoms with E-state index in [1.165, 1.54) is 13.2 Å². The summed E-state index contributed by atoms with van der Waals surface area (Å²) in [5, 5.41) is 3.24. The van der Waals surface area contributed by atoms with E-state index in [9.17, 15) is 13.6 Å². The number of guanidine groups is 1. The molecule has 1 aliphatic heterocycles. The maximum atomic E-state index is 12.3. The summed E-state index contributed by atoms with van der Waals surface area (Å²) in [5.41, 5.74) is 0.781. The van der Waals surface area contributed by atoms with Gasteiger partial charge in [0.25, 0.3) is 0 Å². The van der Waals surface area contributed by atoms with Gasteiger partial charge in [-0.3, -0.25) is 4.79 Å². The molecule has 1 N–H and O–H groups in total. The zero-order valence-corrected chi connectivity index (χ0v) is 17.8. The smallest absolute Gasteiger partial charge is 0.387 e. The third-order valence-corrected chi connectivity index (χ3v) is 4.20. The lowest BCUT2D eigenvalue weighted by Gasteiger charge is -2.33. The number of aliphatic imine (C=N–C) groups is 1. The number of halogens is 3. The molecule has 1 heterocycles. The van der Waals surface area contributed by atoms with Gasteiger partial charge in [0.15, 0.2) is 5.96 Å². The maximum absolute atomic E-state index is 12.3. The van der Waals surface area contributed by atoms with Crippen LogP contribution in [0.15, 0.2) is 29.3 Å². The highest BCUT2D eigenvalue weighted by atomic mass is 127. The van der Waals surface area contributed by atoms with Crippen molar-refractivity contribution in [3.8, 4) is 5.75 Å². The molecule has 1 aromatic rings. The Bertz CT molecular complexity index is 624. The SMILES string of the molecule is CCNC(=NCc1cccc(OC(F)F)c1)N1CCC(C(=O)OC)CC1.I. The molecule has 1 fully saturated rings. The number of esters is 1. The van der Waals surface area contributed by atoms with Crippen molar-refractivity contribution in [3.05, 3.63) is 29.8 Å². The number of alkyl halides is 2. The zero-order valence-electron chi connectivity index (χ0n) is 15.5. The highest BCUT2D eigenvalue weighted by molar-refractivity contribution is 14.0. The summed E-state index contributed by atoms with van der Waals surface area (Å²) in [7, 11) is 1.41. The number of nitrogens with one attached hydrogen (secondary N) is 1. The predicted molar refractivity (Wildman–Crippen MR) is 110 cm³/mol. The monoisotopic (exact) mass is 497 g/mol. The van der Waals surface area contributed by atoms with Crippen LogP contribution in [0.2, 0.25) is 0 Å². The molecule has 0 aliphatic carbocycles. The highest BCUT2D eigenvalue weighted by Gasteiger charge is 2.26. The Hall–Kier alpha value is -1.65. The first kappa shape index (κ1) is 23.4. The lowest BCUT2D eigenvalue weighted by atomic mass is 9.97. The Balaban J connectivity index is 0.00000364. The number of likely N-dealkylation sites (tertiary alicyclic amines) is 1. The van der Waals surface area contributed by atoms with E-state index in [1.54, 1.807) is 12.1 Å². The molecule has 0 saturated carbocycles. The van der Waals surface area contributed by atoms with Crippen LogP contribution in [0.5, 0.6) is 5.75 Å². The van der Waals surface area contributed by atoms with Crippen LogP contribution in [0.4, 0.5) is 8.78 Å². The molecule has 0 radical (unpaired) electrons. The van der Waals surface area contributed by atoms with E-state index >= 15 is 0 Å². The molecule has 6 nitrogen and oxygen atoms in total. The Labute approximate surface area is 175 Å². The topological polar surface area (TPSA) is 63.2 Å². The fourth-order valence-electron chi connectivity index (χ4n) is 2.91. The average molecular weight is 497 g/mol. The molecule has 152 valence electrons. The van der Waals surface area contributed by atoms with Gasteiger partial charge >= 0.3 is 12.6 Å². The van der Waals surface area contributed by atoms with Crippen molar-refractivity contribution in [1.29, 1.82) is 0 Å². The quantitative estimate of drug-likeness (QED) is 0.283. The molecule has 0 bridgehead atoms. The molecule has 9 heteroatoms. The van der Waals surface area contributed by atoms with E-state index in [0.717, 1.165) is 24.4 Å². The van der Waals surface area contributed by atoms with Gasteiger partial charge in [0.2, 0.25) is 0 Å². The van der Waals surface area contributed by atoms with Crippen molar-refractivity contribution in [2.24, 2.45) is 10.9 Å². The fraction of sp³-hybridized carbons (Fsp3) is 0.556. The van der Waals surface area contributed by atoms with Gasteiger partial charge in [-0.1, -0.05) is 12.1 Å². The number of methoxy groups -OCH3 is 1. The lowest BCUT2D eigenvalue weighted by Crippen LogP contribution is -2.46. The first-order chi connectivity index (χ1) is 12.5. The Kier molecular flexibility index (Phi) is 10.3. The first-order valence-electron chi connectivity index (χ1n) is 8.68. The molecule has 0 atom stereocenters. The van der Waals surface area contributed by atoms with Crippen molar-refractivity contribution >= 4 is 35.9 Å². The van der Waals surface area contributed by atoms with Crippen LogP contribution >= 0.6 is 24.0 Å². The second kappa shape index (κ2) is 11.9. The summed E-state index contributed by atoms with van der Waals surface area (Å²) in [6.45, 7) is 1.61. The largest absolute Gasteiger partial charge is 0.469 e. The Morgan fingerprint density at radius 3 is 2.67 bits per heavy atom. The molecule has 0 amide bonds. The van der Waals surface area contributed by atoms with Crippen LogP contribution in [0.25, 0.3) is 0 Å². The summed E-state index contributed by atoms with van der Waals surface area (Å²) in [6, 6.07) is 6.52. The summed E-state index contributed by atoms with van der Waals surface area (Å²) in [5.74, 6) is 0.636. The van der Waals surface area contributed by atoms with Crippen LogP contribution < -0.4 is 10.1 Å². The van der Waals surface area contributed by atoms with E-state index in [0.29, 0.717) is 26.2 Å². The molecular weight excluding hydrogens is 471 g/mol. The van der Waals surface area contributed by atoms with Crippen molar-refractivity contribution in [2.45, 2.75) is 32.9 Å². The van der Waals surface area contributed by atoms with Gasteiger partial charge in [-0.05, 0) is 37.5 Å². The number of hydrogen-bond acceptors (Lipinski definition) is 4. The molecule has 0 aromatic heterocycles. The van der Waals surface area contributed by atoms with E-state index in [4.69, 9.17) is 4.74 Å². The normalized spacial score (nSPS) is 15.3. The molecule has 1 aliphatic rings. The van der Waals surface area contributed by atoms with Crippen molar-refractivity contribution in [2.75, 3.05) is 26.7 Å². The molecule has 1 saturated heterocycles. The standard InChI is InChI=1S/C18H25F2N3O3.HI/c1-3-21-18(23-9-7-14(8-10-23)16(24)25-2)22-12-13-5-4-6-15(11-13)26-17(19)20;/h4-6,11,14,17H,3,7-10,12H2,1-2H3,(H,21,22);1H. The van der Waals surface area contributed by atoms with Crippen molar-refractivity contribution in [3.63, 3.8) is 0 Å². The second-order valence-corrected chi connectivity index (χ2v) is 5.98. The molecule has 27 heavy (non-hydrogen) atoms. The second-order valence-electron chi connectivity index (χ2n) is 5.98. The maximum Gasteiger partial charge on any atom is 0.387 e.